The van der Waals surface area contributed by atoms with E-state index < -0.39 is 5.97 Å². The summed E-state index contributed by atoms with van der Waals surface area (Å²) in [6, 6.07) is 6.59. The van der Waals surface area contributed by atoms with E-state index >= 15 is 0 Å². The van der Waals surface area contributed by atoms with Crippen LogP contribution >= 0.6 is 0 Å². The van der Waals surface area contributed by atoms with Gasteiger partial charge in [-0.15, -0.1) is 0 Å². The lowest BCUT2D eigenvalue weighted by Gasteiger charge is -2.15. The maximum atomic E-state index is 13.4. The Hall–Kier alpha value is -1.68. The minimum absolute atomic E-state index is 0.234. The molecule has 0 saturated carbocycles. The van der Waals surface area contributed by atoms with E-state index in [0.717, 1.165) is 0 Å². The summed E-state index contributed by atoms with van der Waals surface area (Å²) in [5.74, 6) is -1.13. The van der Waals surface area contributed by atoms with Crippen molar-refractivity contribution in [3.63, 3.8) is 0 Å². The first-order valence-electron chi connectivity index (χ1n) is 5.88. The van der Waals surface area contributed by atoms with Crippen LogP contribution in [0.4, 0.5) is 4.39 Å². The van der Waals surface area contributed by atoms with Gasteiger partial charge in [-0.3, -0.25) is 4.90 Å². The van der Waals surface area contributed by atoms with Crippen LogP contribution in [0.2, 0.25) is 0 Å². The molecule has 0 saturated heterocycles. The van der Waals surface area contributed by atoms with Gasteiger partial charge in [0.2, 0.25) is 0 Å². The number of rotatable bonds is 6. The second-order valence-electron chi connectivity index (χ2n) is 4.18. The summed E-state index contributed by atoms with van der Waals surface area (Å²) in [6.45, 7) is 2.75. The number of aliphatic carboxylic acids is 1. The number of carboxylic acids is 1. The van der Waals surface area contributed by atoms with Gasteiger partial charge in [0.05, 0.1) is 0 Å². The summed E-state index contributed by atoms with van der Waals surface area (Å²) in [4.78, 5) is 12.7. The highest BCUT2D eigenvalue weighted by molar-refractivity contribution is 5.86. The Balaban J connectivity index is 2.60. The summed E-state index contributed by atoms with van der Waals surface area (Å²) < 4.78 is 13.4. The molecular formula is C14H18FNO2. The third-order valence-electron chi connectivity index (χ3n) is 2.70. The number of hydrogen-bond acceptors (Lipinski definition) is 2. The van der Waals surface area contributed by atoms with Gasteiger partial charge in [0.15, 0.2) is 0 Å². The van der Waals surface area contributed by atoms with Crippen molar-refractivity contribution in [1.29, 1.82) is 0 Å². The van der Waals surface area contributed by atoms with Crippen molar-refractivity contribution in [1.82, 2.24) is 4.90 Å². The van der Waals surface area contributed by atoms with Crippen molar-refractivity contribution in [2.24, 2.45) is 0 Å². The number of nitrogens with zero attached hydrogens (tertiary/aromatic N) is 1. The van der Waals surface area contributed by atoms with Gasteiger partial charge in [-0.2, -0.15) is 0 Å². The Bertz CT molecular complexity index is 443. The van der Waals surface area contributed by atoms with Crippen LogP contribution < -0.4 is 0 Å². The highest BCUT2D eigenvalue weighted by Gasteiger charge is 2.06. The monoisotopic (exact) mass is 251 g/mol. The van der Waals surface area contributed by atoms with Crippen LogP contribution in [0.5, 0.6) is 0 Å². The predicted molar refractivity (Wildman–Crippen MR) is 68.7 cm³/mol. The molecule has 0 aliphatic heterocycles. The number of halogens is 1. The first-order valence-corrected chi connectivity index (χ1v) is 5.88. The van der Waals surface area contributed by atoms with Crippen molar-refractivity contribution < 1.29 is 14.3 Å². The lowest BCUT2D eigenvalue weighted by molar-refractivity contribution is -0.132. The third kappa shape index (κ3) is 4.30. The molecule has 1 aromatic rings. The van der Waals surface area contributed by atoms with E-state index in [1.165, 1.54) is 6.07 Å². The lowest BCUT2D eigenvalue weighted by Crippen LogP contribution is -2.19. The van der Waals surface area contributed by atoms with E-state index in [-0.39, 0.29) is 5.82 Å². The summed E-state index contributed by atoms with van der Waals surface area (Å²) in [5.41, 5.74) is 0.997. The van der Waals surface area contributed by atoms with Gasteiger partial charge < -0.3 is 5.11 Å². The van der Waals surface area contributed by atoms with E-state index in [2.05, 4.69) is 0 Å². The molecule has 0 aromatic heterocycles. The minimum Gasteiger partial charge on any atom is -0.478 e. The van der Waals surface area contributed by atoms with Gasteiger partial charge in [-0.1, -0.05) is 31.2 Å². The van der Waals surface area contributed by atoms with Crippen LogP contribution in [0, 0.1) is 5.82 Å². The van der Waals surface area contributed by atoms with Gasteiger partial charge in [0, 0.05) is 24.2 Å². The van der Waals surface area contributed by atoms with E-state index in [4.69, 9.17) is 5.11 Å². The smallest absolute Gasteiger partial charge is 0.331 e. The standard InChI is InChI=1S/C14H18FNO2/c1-3-11(14(17)18)8-9-16(2)10-12-6-4-5-7-13(12)15/h4-8H,3,9-10H2,1-2H3,(H,17,18). The largest absolute Gasteiger partial charge is 0.478 e. The summed E-state index contributed by atoms with van der Waals surface area (Å²) in [6.07, 6.45) is 2.16. The molecule has 3 nitrogen and oxygen atoms in total. The fraction of sp³-hybridized carbons (Fsp3) is 0.357. The van der Waals surface area contributed by atoms with Crippen molar-refractivity contribution in [2.75, 3.05) is 13.6 Å². The number of carboxylic acid groups (broad SMARTS) is 1. The van der Waals surface area contributed by atoms with Gasteiger partial charge >= 0.3 is 5.97 Å². The Morgan fingerprint density at radius 3 is 2.67 bits per heavy atom. The Morgan fingerprint density at radius 2 is 2.11 bits per heavy atom. The van der Waals surface area contributed by atoms with Gasteiger partial charge in [-0.05, 0) is 19.5 Å². The summed E-state index contributed by atoms with van der Waals surface area (Å²) in [5, 5.41) is 8.87. The van der Waals surface area contributed by atoms with Crippen LogP contribution in [0.1, 0.15) is 18.9 Å². The molecule has 0 fully saturated rings. The van der Waals surface area contributed by atoms with Crippen molar-refractivity contribution in [3.05, 3.63) is 47.3 Å². The van der Waals surface area contributed by atoms with Crippen LogP contribution in [0.15, 0.2) is 35.9 Å². The fourth-order valence-electron chi connectivity index (χ4n) is 1.63. The maximum absolute atomic E-state index is 13.4. The number of carbonyl (C=O) groups is 1. The van der Waals surface area contributed by atoms with Crippen LogP contribution in [-0.2, 0) is 11.3 Å². The molecule has 18 heavy (non-hydrogen) atoms. The molecule has 98 valence electrons. The zero-order valence-electron chi connectivity index (χ0n) is 10.7. The van der Waals surface area contributed by atoms with E-state index in [1.54, 1.807) is 31.2 Å². The normalized spacial score (nSPS) is 11.9. The Kier molecular flexibility index (Phi) is 5.52. The van der Waals surface area contributed by atoms with Crippen molar-refractivity contribution in [2.45, 2.75) is 19.9 Å². The third-order valence-corrected chi connectivity index (χ3v) is 2.70. The van der Waals surface area contributed by atoms with Gasteiger partial charge in [0.1, 0.15) is 5.82 Å². The SMILES string of the molecule is CCC(=CCN(C)Cc1ccccc1F)C(=O)O. The quantitative estimate of drug-likeness (QED) is 0.790. The molecule has 1 N–H and O–H groups in total. The van der Waals surface area contributed by atoms with Gasteiger partial charge in [-0.25, -0.2) is 9.18 Å². The average molecular weight is 251 g/mol. The molecular weight excluding hydrogens is 233 g/mol. The van der Waals surface area contributed by atoms with Crippen LogP contribution in [-0.4, -0.2) is 29.6 Å². The molecule has 1 rings (SSSR count). The van der Waals surface area contributed by atoms with Crippen LogP contribution in [0.25, 0.3) is 0 Å². The van der Waals surface area contributed by atoms with E-state index in [9.17, 15) is 9.18 Å². The maximum Gasteiger partial charge on any atom is 0.331 e. The highest BCUT2D eigenvalue weighted by Crippen LogP contribution is 2.09. The Morgan fingerprint density at radius 1 is 1.44 bits per heavy atom. The summed E-state index contributed by atoms with van der Waals surface area (Å²) in [7, 11) is 1.83. The fourth-order valence-corrected chi connectivity index (χ4v) is 1.63. The molecule has 0 heterocycles. The van der Waals surface area contributed by atoms with Crippen molar-refractivity contribution in [3.8, 4) is 0 Å². The molecule has 0 amide bonds. The molecule has 0 atom stereocenters. The van der Waals surface area contributed by atoms with Crippen LogP contribution in [0.3, 0.4) is 0 Å². The zero-order valence-corrected chi connectivity index (χ0v) is 10.7. The molecule has 0 spiro atoms. The number of likely N-dealkylation sites (N-methyl/N-ethyl adjacent to an activating group) is 1. The molecule has 4 heteroatoms. The van der Waals surface area contributed by atoms with E-state index in [0.29, 0.717) is 30.6 Å². The lowest BCUT2D eigenvalue weighted by atomic mass is 10.2. The van der Waals surface area contributed by atoms with Gasteiger partial charge in [0.25, 0.3) is 0 Å². The highest BCUT2D eigenvalue weighted by atomic mass is 19.1. The Labute approximate surface area is 107 Å². The molecule has 0 radical (unpaired) electrons. The van der Waals surface area contributed by atoms with E-state index in [1.807, 2.05) is 11.9 Å². The molecule has 0 unspecified atom stereocenters. The average Bonchev–Trinajstić information content (AvgIpc) is 2.32. The number of benzene rings is 1. The second kappa shape index (κ2) is 6.91. The molecule has 1 aromatic carbocycles. The summed E-state index contributed by atoms with van der Waals surface area (Å²) >= 11 is 0. The topological polar surface area (TPSA) is 40.5 Å². The molecule has 0 aliphatic carbocycles. The number of hydrogen-bond donors (Lipinski definition) is 1. The zero-order chi connectivity index (χ0) is 13.5. The first kappa shape index (κ1) is 14.4. The van der Waals surface area contributed by atoms with Crippen molar-refractivity contribution >= 4 is 5.97 Å². The molecule has 0 aliphatic rings. The first-order chi connectivity index (χ1) is 8.54. The minimum atomic E-state index is -0.892. The predicted octanol–water partition coefficient (Wildman–Crippen LogP) is 2.68. The second-order valence-corrected chi connectivity index (χ2v) is 4.18. The molecule has 0 bridgehead atoms.